The molecule has 0 heterocycles. The van der Waals surface area contributed by atoms with E-state index in [9.17, 15) is 15.0 Å². The summed E-state index contributed by atoms with van der Waals surface area (Å²) in [6.45, 7) is 16.4. The molecule has 138 valence electrons. The van der Waals surface area contributed by atoms with Crippen LogP contribution in [0.1, 0.15) is 34.6 Å². The Kier molecular flexibility index (Phi) is 7.24. The van der Waals surface area contributed by atoms with E-state index >= 15 is 0 Å². The van der Waals surface area contributed by atoms with Crippen LogP contribution < -0.4 is 0 Å². The molecule has 8 heteroatoms. The molecular formula is C15H36O5Si3. The fourth-order valence-electron chi connectivity index (χ4n) is 3.82. The van der Waals surface area contributed by atoms with Gasteiger partial charge in [0.2, 0.25) is 0 Å². The van der Waals surface area contributed by atoms with Gasteiger partial charge in [-0.1, -0.05) is 54.3 Å². The third-order valence-electron chi connectivity index (χ3n) is 5.99. The maximum absolute atomic E-state index is 11.7. The summed E-state index contributed by atoms with van der Waals surface area (Å²) in [5, 5.41) is 20.7. The average molecular weight is 381 g/mol. The summed E-state index contributed by atoms with van der Waals surface area (Å²) in [4.78, 5) is 11.7. The van der Waals surface area contributed by atoms with E-state index < -0.39 is 31.5 Å². The van der Waals surface area contributed by atoms with Crippen molar-refractivity contribution in [3.8, 4) is 0 Å². The SMILES string of the molecule is CC(C(C)(C(C)(C)C)C(O[SiH3])(O[SiH3])C(O)(C=O)CO)[Si](C)(C)C. The Morgan fingerprint density at radius 1 is 1.13 bits per heavy atom. The lowest BCUT2D eigenvalue weighted by Crippen LogP contribution is -2.73. The Balaban J connectivity index is 6.83. The highest BCUT2D eigenvalue weighted by atomic mass is 28.3. The largest absolute Gasteiger partial charge is 0.399 e. The highest BCUT2D eigenvalue weighted by Gasteiger charge is 2.68. The minimum absolute atomic E-state index is 0.163. The lowest BCUT2D eigenvalue weighted by molar-refractivity contribution is -0.310. The molecule has 0 bridgehead atoms. The first kappa shape index (κ1) is 23.2. The number of aliphatic hydroxyl groups is 2. The van der Waals surface area contributed by atoms with Crippen LogP contribution >= 0.6 is 0 Å². The van der Waals surface area contributed by atoms with E-state index in [1.165, 1.54) is 0 Å². The van der Waals surface area contributed by atoms with E-state index in [2.05, 4.69) is 47.3 Å². The van der Waals surface area contributed by atoms with Crippen molar-refractivity contribution in [2.45, 2.75) is 71.2 Å². The Bertz CT molecular complexity index is 414. The molecule has 3 unspecified atom stereocenters. The van der Waals surface area contributed by atoms with Crippen molar-refractivity contribution in [1.29, 1.82) is 0 Å². The molecule has 0 saturated heterocycles. The van der Waals surface area contributed by atoms with Crippen LogP contribution in [0.4, 0.5) is 0 Å². The quantitative estimate of drug-likeness (QED) is 0.352. The van der Waals surface area contributed by atoms with Gasteiger partial charge in [0.25, 0.3) is 0 Å². The van der Waals surface area contributed by atoms with Crippen LogP contribution in [0.5, 0.6) is 0 Å². The van der Waals surface area contributed by atoms with Crippen molar-refractivity contribution in [3.05, 3.63) is 0 Å². The van der Waals surface area contributed by atoms with Gasteiger partial charge in [-0.2, -0.15) is 0 Å². The summed E-state index contributed by atoms with van der Waals surface area (Å²) in [5.74, 6) is -1.55. The monoisotopic (exact) mass is 380 g/mol. The van der Waals surface area contributed by atoms with Gasteiger partial charge < -0.3 is 19.1 Å². The number of hydrogen-bond donors (Lipinski definition) is 2. The molecule has 0 radical (unpaired) electrons. The first-order chi connectivity index (χ1) is 10.1. The Morgan fingerprint density at radius 2 is 1.52 bits per heavy atom. The smallest absolute Gasteiger partial charge is 0.195 e. The second kappa shape index (κ2) is 7.19. The minimum Gasteiger partial charge on any atom is -0.399 e. The van der Waals surface area contributed by atoms with Crippen LogP contribution in [0, 0.1) is 10.8 Å². The zero-order valence-corrected chi connectivity index (χ0v) is 21.5. The van der Waals surface area contributed by atoms with Crippen molar-refractivity contribution in [1.82, 2.24) is 0 Å². The molecule has 0 fully saturated rings. The van der Waals surface area contributed by atoms with Crippen molar-refractivity contribution >= 4 is 35.3 Å². The standard InChI is InChI=1S/C15H36O5Si3/c1-11(23(6,7)8)13(5,12(2,3)4)15(19-21,20-22)14(18,9-16)10-17/h9,11,17-18H,10H2,1-8,21-22H3. The molecule has 0 spiro atoms. The predicted molar refractivity (Wildman–Crippen MR) is 103 cm³/mol. The molecule has 0 aromatic rings. The zero-order valence-electron chi connectivity index (χ0n) is 16.5. The van der Waals surface area contributed by atoms with Gasteiger partial charge >= 0.3 is 0 Å². The zero-order chi connectivity index (χ0) is 18.9. The molecular weight excluding hydrogens is 344 g/mol. The summed E-state index contributed by atoms with van der Waals surface area (Å²) in [6, 6.07) is 0. The summed E-state index contributed by atoms with van der Waals surface area (Å²) < 4.78 is 11.7. The fourth-order valence-corrected chi connectivity index (χ4v) is 8.40. The topological polar surface area (TPSA) is 76.0 Å². The number of carbonyl (C=O) groups is 1. The number of carbonyl (C=O) groups excluding carboxylic acids is 1. The molecule has 5 nitrogen and oxygen atoms in total. The molecule has 0 aromatic heterocycles. The third kappa shape index (κ3) is 3.44. The number of rotatable bonds is 8. The summed E-state index contributed by atoms with van der Waals surface area (Å²) in [5.41, 5.74) is -2.93. The third-order valence-corrected chi connectivity index (χ3v) is 10.3. The predicted octanol–water partition coefficient (Wildman–Crippen LogP) is -0.0203. The minimum atomic E-state index is -2.09. The highest BCUT2D eigenvalue weighted by Crippen LogP contribution is 2.61. The molecule has 2 N–H and O–H groups in total. The van der Waals surface area contributed by atoms with Crippen molar-refractivity contribution in [2.24, 2.45) is 10.8 Å². The molecule has 0 amide bonds. The van der Waals surface area contributed by atoms with Crippen LogP contribution in [0.2, 0.25) is 25.2 Å². The van der Waals surface area contributed by atoms with Gasteiger partial charge in [0.1, 0.15) is 21.0 Å². The van der Waals surface area contributed by atoms with Gasteiger partial charge in [-0.05, 0) is 11.0 Å². The van der Waals surface area contributed by atoms with Gasteiger partial charge in [0.05, 0.1) is 6.61 Å². The normalized spacial score (nSPS) is 22.9. The first-order valence-electron chi connectivity index (χ1n) is 8.05. The number of aliphatic hydroxyl groups excluding tert-OH is 1. The molecule has 0 aliphatic rings. The Hall–Kier alpha value is 0.161. The molecule has 0 aliphatic heterocycles. The van der Waals surface area contributed by atoms with E-state index in [-0.39, 0.29) is 31.9 Å². The van der Waals surface area contributed by atoms with Crippen molar-refractivity contribution in [3.63, 3.8) is 0 Å². The van der Waals surface area contributed by atoms with Crippen LogP contribution in [-0.2, 0) is 13.6 Å². The first-order valence-corrected chi connectivity index (χ1v) is 13.3. The van der Waals surface area contributed by atoms with Crippen LogP contribution in [0.25, 0.3) is 0 Å². The summed E-state index contributed by atoms with van der Waals surface area (Å²) >= 11 is 0. The van der Waals surface area contributed by atoms with E-state index in [1.807, 2.05) is 6.92 Å². The van der Waals surface area contributed by atoms with Gasteiger partial charge in [-0.15, -0.1) is 0 Å². The maximum Gasteiger partial charge on any atom is 0.195 e. The summed E-state index contributed by atoms with van der Waals surface area (Å²) in [6.07, 6.45) is 0.379. The highest BCUT2D eigenvalue weighted by molar-refractivity contribution is 6.77. The van der Waals surface area contributed by atoms with Crippen LogP contribution in [0.15, 0.2) is 0 Å². The number of aldehydes is 1. The van der Waals surface area contributed by atoms with E-state index in [0.29, 0.717) is 6.29 Å². The van der Waals surface area contributed by atoms with E-state index in [0.717, 1.165) is 0 Å². The molecule has 3 atom stereocenters. The van der Waals surface area contributed by atoms with E-state index in [1.54, 1.807) is 0 Å². The second-order valence-corrected chi connectivity index (χ2v) is 15.2. The molecule has 0 aromatic carbocycles. The van der Waals surface area contributed by atoms with Crippen molar-refractivity contribution in [2.75, 3.05) is 6.61 Å². The molecule has 23 heavy (non-hydrogen) atoms. The van der Waals surface area contributed by atoms with Gasteiger partial charge in [0, 0.05) is 13.5 Å². The van der Waals surface area contributed by atoms with Crippen LogP contribution in [0.3, 0.4) is 0 Å². The molecule has 0 rings (SSSR count). The van der Waals surface area contributed by atoms with Crippen molar-refractivity contribution < 1.29 is 23.9 Å². The lowest BCUT2D eigenvalue weighted by atomic mass is 9.57. The Morgan fingerprint density at radius 3 is 1.70 bits per heavy atom. The Labute approximate surface area is 148 Å². The molecule has 0 aliphatic carbocycles. The second-order valence-electron chi connectivity index (χ2n) is 8.77. The van der Waals surface area contributed by atoms with Gasteiger partial charge in [-0.3, -0.25) is 4.79 Å². The average Bonchev–Trinajstić information content (AvgIpc) is 2.45. The van der Waals surface area contributed by atoms with Gasteiger partial charge in [0.15, 0.2) is 17.7 Å². The summed E-state index contributed by atoms with van der Waals surface area (Å²) in [7, 11) is -1.14. The molecule has 0 saturated carbocycles. The maximum atomic E-state index is 11.7. The fraction of sp³-hybridized carbons (Fsp3) is 0.933. The van der Waals surface area contributed by atoms with E-state index in [4.69, 9.17) is 8.85 Å². The van der Waals surface area contributed by atoms with Crippen LogP contribution in [-0.4, -0.2) is 63.5 Å². The lowest BCUT2D eigenvalue weighted by Gasteiger charge is -2.62. The number of hydrogen-bond acceptors (Lipinski definition) is 5. The van der Waals surface area contributed by atoms with Gasteiger partial charge in [-0.25, -0.2) is 0 Å².